The van der Waals surface area contributed by atoms with Gasteiger partial charge in [-0.2, -0.15) is 0 Å². The molecule has 2 N–H and O–H groups in total. The van der Waals surface area contributed by atoms with Crippen LogP contribution < -0.4 is 5.46 Å². The van der Waals surface area contributed by atoms with Crippen LogP contribution >= 0.6 is 34.8 Å². The van der Waals surface area contributed by atoms with E-state index in [9.17, 15) is 0 Å². The molecule has 8 aromatic rings. The van der Waals surface area contributed by atoms with Crippen LogP contribution in [0, 0.1) is 0 Å². The fraction of sp³-hybridized carbons (Fsp3) is 0.0244. The quantitative estimate of drug-likeness (QED) is 0.106. The van der Waals surface area contributed by atoms with Gasteiger partial charge in [-0.25, -0.2) is 19.9 Å². The average Bonchev–Trinajstić information content (AvgIpc) is 3.16. The topological polar surface area (TPSA) is 92.0 Å². The third kappa shape index (κ3) is 9.55. The minimum absolute atomic E-state index is 0. The Labute approximate surface area is 312 Å². The molecule has 8 rings (SSSR count). The Balaban J connectivity index is 0.000000156. The van der Waals surface area contributed by atoms with Crippen molar-refractivity contribution in [1.29, 1.82) is 0 Å². The van der Waals surface area contributed by atoms with Gasteiger partial charge in [-0.15, -0.1) is 0 Å². The van der Waals surface area contributed by atoms with E-state index >= 15 is 0 Å². The van der Waals surface area contributed by atoms with Crippen LogP contribution in [0.15, 0.2) is 158 Å². The number of nitrogens with zero attached hydrogens (tertiary/aromatic N) is 4. The number of para-hydroxylation sites is 2. The van der Waals surface area contributed by atoms with Gasteiger partial charge in [0.15, 0.2) is 0 Å². The van der Waals surface area contributed by atoms with Crippen molar-refractivity contribution in [1.82, 2.24) is 19.9 Å². The first kappa shape index (κ1) is 37.1. The van der Waals surface area contributed by atoms with Crippen LogP contribution in [-0.4, -0.2) is 37.1 Å². The van der Waals surface area contributed by atoms with Crippen LogP contribution in [0.2, 0.25) is 15.7 Å². The van der Waals surface area contributed by atoms with Crippen molar-refractivity contribution in [2.75, 3.05) is 0 Å². The highest BCUT2D eigenvalue weighted by Gasteiger charge is 2.10. The highest BCUT2D eigenvalue weighted by Crippen LogP contribution is 2.29. The van der Waals surface area contributed by atoms with Gasteiger partial charge in [0.25, 0.3) is 0 Å². The van der Waals surface area contributed by atoms with Crippen LogP contribution in [0.1, 0.15) is 7.43 Å². The second-order valence-electron chi connectivity index (χ2n) is 11.0. The largest absolute Gasteiger partial charge is 0.488 e. The number of fused-ring (bicyclic) bond motifs is 2. The van der Waals surface area contributed by atoms with Crippen LogP contribution in [0.3, 0.4) is 0 Å². The van der Waals surface area contributed by atoms with Gasteiger partial charge in [-0.05, 0) is 69.1 Å². The Morgan fingerprint density at radius 2 is 0.784 bits per heavy atom. The summed E-state index contributed by atoms with van der Waals surface area (Å²) in [6, 6.07) is 51.2. The molecule has 6 aromatic carbocycles. The number of halogens is 3. The summed E-state index contributed by atoms with van der Waals surface area (Å²) in [4.78, 5) is 16.5. The fourth-order valence-electron chi connectivity index (χ4n) is 5.21. The summed E-state index contributed by atoms with van der Waals surface area (Å²) in [7, 11) is -1.39. The molecule has 6 nitrogen and oxygen atoms in total. The van der Waals surface area contributed by atoms with Crippen molar-refractivity contribution in [2.24, 2.45) is 0 Å². The molecule has 10 heteroatoms. The van der Waals surface area contributed by atoms with Crippen LogP contribution in [-0.2, 0) is 0 Å². The van der Waals surface area contributed by atoms with E-state index < -0.39 is 7.12 Å². The first-order valence-electron chi connectivity index (χ1n) is 15.5. The molecule has 0 saturated heterocycles. The Bertz CT molecular complexity index is 2330. The van der Waals surface area contributed by atoms with Crippen LogP contribution in [0.5, 0.6) is 0 Å². The molecule has 0 saturated carbocycles. The van der Waals surface area contributed by atoms with Gasteiger partial charge in [0.1, 0.15) is 5.15 Å². The lowest BCUT2D eigenvalue weighted by Gasteiger charge is -2.07. The molecule has 2 heterocycles. The maximum atomic E-state index is 8.94. The van der Waals surface area contributed by atoms with Crippen LogP contribution in [0.25, 0.3) is 55.3 Å². The number of rotatable bonds is 4. The highest BCUT2D eigenvalue weighted by atomic mass is 35.5. The SMILES string of the molecule is C.Clc1nc(-c2ccc(-c3ccccc3)cc2)c2ccccc2n1.Clc1nc(Cl)c2ccccc2n1.OB(O)c1ccc(-c2ccccc2)cc1. The Kier molecular flexibility index (Phi) is 12.9. The van der Waals surface area contributed by atoms with E-state index in [1.807, 2.05) is 109 Å². The van der Waals surface area contributed by atoms with Crippen molar-refractivity contribution in [3.63, 3.8) is 0 Å². The zero-order valence-electron chi connectivity index (χ0n) is 26.4. The van der Waals surface area contributed by atoms with E-state index in [-0.39, 0.29) is 18.0 Å². The molecule has 0 amide bonds. The summed E-state index contributed by atoms with van der Waals surface area (Å²) in [5, 5.41) is 20.6. The van der Waals surface area contributed by atoms with E-state index in [0.29, 0.717) is 10.6 Å². The summed E-state index contributed by atoms with van der Waals surface area (Å²) in [5.74, 6) is 0. The van der Waals surface area contributed by atoms with E-state index in [1.165, 1.54) is 11.1 Å². The lowest BCUT2D eigenvalue weighted by molar-refractivity contribution is 0.426. The maximum Gasteiger partial charge on any atom is 0.488 e. The predicted octanol–water partition coefficient (Wildman–Crippen LogP) is 10.2. The fourth-order valence-corrected chi connectivity index (χ4v) is 5.84. The molecule has 2 aromatic heterocycles. The molecular formula is C41H32BCl3N4O2. The minimum Gasteiger partial charge on any atom is -0.423 e. The summed E-state index contributed by atoms with van der Waals surface area (Å²) in [6.07, 6.45) is 0. The van der Waals surface area contributed by atoms with E-state index in [2.05, 4.69) is 56.3 Å². The third-order valence-corrected chi connectivity index (χ3v) is 8.31. The second kappa shape index (κ2) is 17.7. The molecular weight excluding hydrogens is 698 g/mol. The van der Waals surface area contributed by atoms with E-state index in [1.54, 1.807) is 12.1 Å². The van der Waals surface area contributed by atoms with Gasteiger partial charge < -0.3 is 10.0 Å². The van der Waals surface area contributed by atoms with Gasteiger partial charge in [0, 0.05) is 16.3 Å². The number of hydrogen-bond acceptors (Lipinski definition) is 6. The summed E-state index contributed by atoms with van der Waals surface area (Å²) in [6.45, 7) is 0. The van der Waals surface area contributed by atoms with Crippen molar-refractivity contribution in [3.8, 4) is 33.5 Å². The normalized spacial score (nSPS) is 10.3. The standard InChI is InChI=1S/C20H13ClN2.C12H11BO2.C8H4Cl2N2.CH4/c21-20-22-18-9-5-4-8-17(18)19(23-20)16-12-10-15(11-13-16)14-6-2-1-3-7-14;14-13(15)12-8-6-11(7-9-12)10-4-2-1-3-5-10;9-7-5-3-1-2-4-6(5)11-8(10)12-7;/h1-13H;1-9,14-15H;1-4H;1H4. The number of aromatic nitrogens is 4. The van der Waals surface area contributed by atoms with Crippen molar-refractivity contribution in [3.05, 3.63) is 173 Å². The van der Waals surface area contributed by atoms with Gasteiger partial charge in [-0.3, -0.25) is 0 Å². The molecule has 252 valence electrons. The summed E-state index contributed by atoms with van der Waals surface area (Å²) >= 11 is 17.5. The molecule has 0 radical (unpaired) electrons. The molecule has 0 aliphatic heterocycles. The van der Waals surface area contributed by atoms with Crippen molar-refractivity contribution < 1.29 is 10.0 Å². The molecule has 0 atom stereocenters. The van der Waals surface area contributed by atoms with E-state index in [4.69, 9.17) is 44.9 Å². The monoisotopic (exact) mass is 728 g/mol. The average molecular weight is 730 g/mol. The highest BCUT2D eigenvalue weighted by molar-refractivity contribution is 6.58. The van der Waals surface area contributed by atoms with E-state index in [0.717, 1.165) is 44.2 Å². The third-order valence-electron chi connectivity index (χ3n) is 7.69. The lowest BCUT2D eigenvalue weighted by atomic mass is 9.80. The lowest BCUT2D eigenvalue weighted by Crippen LogP contribution is -2.29. The second-order valence-corrected chi connectivity index (χ2v) is 12.0. The minimum atomic E-state index is -1.39. The zero-order chi connectivity index (χ0) is 34.9. The first-order valence-corrected chi connectivity index (χ1v) is 16.7. The Morgan fingerprint density at radius 1 is 0.392 bits per heavy atom. The molecule has 0 aliphatic rings. The molecule has 0 spiro atoms. The van der Waals surface area contributed by atoms with Crippen LogP contribution in [0.4, 0.5) is 0 Å². The Hall–Kier alpha value is -5.15. The summed E-state index contributed by atoms with van der Waals surface area (Å²) < 4.78 is 0. The van der Waals surface area contributed by atoms with Crippen molar-refractivity contribution in [2.45, 2.75) is 7.43 Å². The van der Waals surface area contributed by atoms with Gasteiger partial charge in [0.05, 0.1) is 16.7 Å². The summed E-state index contributed by atoms with van der Waals surface area (Å²) in [5.41, 5.74) is 8.59. The molecule has 0 aliphatic carbocycles. The van der Waals surface area contributed by atoms with Gasteiger partial charge in [0.2, 0.25) is 10.6 Å². The molecule has 0 fully saturated rings. The smallest absolute Gasteiger partial charge is 0.423 e. The van der Waals surface area contributed by atoms with Gasteiger partial charge >= 0.3 is 7.12 Å². The molecule has 51 heavy (non-hydrogen) atoms. The molecule has 0 bridgehead atoms. The first-order chi connectivity index (χ1) is 24.4. The Morgan fingerprint density at radius 3 is 1.31 bits per heavy atom. The van der Waals surface area contributed by atoms with Crippen molar-refractivity contribution >= 4 is 69.2 Å². The predicted molar refractivity (Wildman–Crippen MR) is 213 cm³/mol. The number of benzene rings is 6. The number of hydrogen-bond donors (Lipinski definition) is 2. The molecule has 0 unspecified atom stereocenters. The van der Waals surface area contributed by atoms with Gasteiger partial charge in [-0.1, -0.05) is 159 Å². The zero-order valence-corrected chi connectivity index (χ0v) is 28.7. The maximum absolute atomic E-state index is 8.94.